The van der Waals surface area contributed by atoms with Gasteiger partial charge in [0, 0.05) is 18.0 Å². The molecule has 0 aliphatic heterocycles. The highest BCUT2D eigenvalue weighted by molar-refractivity contribution is 7.91. The highest BCUT2D eigenvalue weighted by Crippen LogP contribution is 2.28. The number of unbranched alkanes of at least 4 members (excludes halogenated alkanes) is 1. The lowest BCUT2D eigenvalue weighted by Gasteiger charge is -2.12. The van der Waals surface area contributed by atoms with Gasteiger partial charge in [-0.25, -0.2) is 8.42 Å². The zero-order chi connectivity index (χ0) is 22.0. The average Bonchev–Trinajstić information content (AvgIpc) is 2.72. The van der Waals surface area contributed by atoms with Crippen LogP contribution in [0.5, 0.6) is 11.5 Å². The van der Waals surface area contributed by atoms with Gasteiger partial charge in [0.2, 0.25) is 0 Å². The number of aromatic nitrogens is 1. The van der Waals surface area contributed by atoms with Crippen LogP contribution in [-0.2, 0) is 20.4 Å². The normalized spacial score (nSPS) is 10.9. The van der Waals surface area contributed by atoms with Gasteiger partial charge in [0.05, 0.1) is 19.5 Å². The lowest BCUT2D eigenvalue weighted by Crippen LogP contribution is -2.44. The van der Waals surface area contributed by atoms with Crippen molar-refractivity contribution in [1.82, 2.24) is 15.8 Å². The third kappa shape index (κ3) is 7.36. The van der Waals surface area contributed by atoms with Crippen molar-refractivity contribution in [3.8, 4) is 11.5 Å². The van der Waals surface area contributed by atoms with Crippen LogP contribution in [0.25, 0.3) is 0 Å². The smallest absolute Gasteiger partial charge is 0.269 e. The molecule has 0 saturated heterocycles. The molecule has 10 heteroatoms. The van der Waals surface area contributed by atoms with Gasteiger partial charge in [0.25, 0.3) is 11.8 Å². The second kappa shape index (κ2) is 11.1. The Kier molecular flexibility index (Phi) is 8.60. The van der Waals surface area contributed by atoms with Crippen molar-refractivity contribution in [2.75, 3.05) is 19.5 Å². The third-order valence-electron chi connectivity index (χ3n) is 3.96. The molecule has 1 aromatic heterocycles. The summed E-state index contributed by atoms with van der Waals surface area (Å²) in [6.45, 7) is 2.58. The van der Waals surface area contributed by atoms with Crippen molar-refractivity contribution in [2.24, 2.45) is 0 Å². The lowest BCUT2D eigenvalue weighted by atomic mass is 10.2. The van der Waals surface area contributed by atoms with Crippen LogP contribution < -0.4 is 20.3 Å². The summed E-state index contributed by atoms with van der Waals surface area (Å²) in [6.07, 6.45) is 4.82. The molecule has 2 rings (SSSR count). The van der Waals surface area contributed by atoms with Gasteiger partial charge in [0.1, 0.15) is 5.75 Å². The summed E-state index contributed by atoms with van der Waals surface area (Å²) < 4.78 is 35.1. The van der Waals surface area contributed by atoms with Crippen molar-refractivity contribution in [2.45, 2.75) is 25.5 Å². The Morgan fingerprint density at radius 2 is 1.93 bits per heavy atom. The molecule has 9 nitrogen and oxygen atoms in total. The van der Waals surface area contributed by atoms with Gasteiger partial charge in [0.15, 0.2) is 21.3 Å². The van der Waals surface area contributed by atoms with Crippen molar-refractivity contribution in [1.29, 1.82) is 0 Å². The van der Waals surface area contributed by atoms with Gasteiger partial charge >= 0.3 is 0 Å². The molecule has 2 N–H and O–H groups in total. The van der Waals surface area contributed by atoms with E-state index in [1.54, 1.807) is 18.2 Å². The number of amides is 2. The van der Waals surface area contributed by atoms with Gasteiger partial charge in [-0.15, -0.1) is 0 Å². The maximum absolute atomic E-state index is 12.3. The molecule has 0 radical (unpaired) electrons. The Morgan fingerprint density at radius 3 is 2.60 bits per heavy atom. The molecule has 0 unspecified atom stereocenters. The van der Waals surface area contributed by atoms with Crippen molar-refractivity contribution >= 4 is 21.7 Å². The first-order valence-electron chi connectivity index (χ1n) is 9.34. The Labute approximate surface area is 175 Å². The number of hydrogen-bond donors (Lipinski definition) is 2. The number of carbonyl (C=O) groups is 2. The van der Waals surface area contributed by atoms with E-state index in [2.05, 4.69) is 15.8 Å². The topological polar surface area (TPSA) is 124 Å². The van der Waals surface area contributed by atoms with Crippen molar-refractivity contribution in [3.63, 3.8) is 0 Å². The quantitative estimate of drug-likeness (QED) is 0.429. The Bertz CT molecular complexity index is 964. The number of benzene rings is 1. The van der Waals surface area contributed by atoms with E-state index in [0.717, 1.165) is 12.8 Å². The summed E-state index contributed by atoms with van der Waals surface area (Å²) in [5.41, 5.74) is 5.00. The minimum absolute atomic E-state index is 0.216. The van der Waals surface area contributed by atoms with Crippen LogP contribution in [0.4, 0.5) is 0 Å². The number of nitrogens with one attached hydrogen (secondary N) is 2. The molecule has 0 saturated carbocycles. The molecule has 162 valence electrons. The summed E-state index contributed by atoms with van der Waals surface area (Å²) in [6, 6.07) is 7.81. The minimum atomic E-state index is -3.71. The zero-order valence-electron chi connectivity index (χ0n) is 16.9. The summed E-state index contributed by atoms with van der Waals surface area (Å²) in [5, 5.41) is 0. The molecule has 1 aromatic carbocycles. The van der Waals surface area contributed by atoms with Crippen LogP contribution >= 0.6 is 0 Å². The number of sulfone groups is 1. The lowest BCUT2D eigenvalue weighted by molar-refractivity contribution is -0.119. The molecule has 30 heavy (non-hydrogen) atoms. The molecular formula is C20H25N3O6S. The van der Waals surface area contributed by atoms with Crippen LogP contribution in [0.2, 0.25) is 0 Å². The van der Waals surface area contributed by atoms with E-state index >= 15 is 0 Å². The van der Waals surface area contributed by atoms with Crippen LogP contribution in [0, 0.1) is 0 Å². The Balaban J connectivity index is 1.90. The van der Waals surface area contributed by atoms with E-state index in [-0.39, 0.29) is 11.3 Å². The molecule has 0 aliphatic carbocycles. The molecule has 0 aliphatic rings. The van der Waals surface area contributed by atoms with E-state index in [1.807, 2.05) is 6.92 Å². The number of rotatable bonds is 10. The Morgan fingerprint density at radius 1 is 1.13 bits per heavy atom. The third-order valence-corrected chi connectivity index (χ3v) is 5.43. The first-order valence-corrected chi connectivity index (χ1v) is 11.2. The molecule has 0 fully saturated rings. The first-order chi connectivity index (χ1) is 14.3. The molecule has 2 aromatic rings. The summed E-state index contributed by atoms with van der Waals surface area (Å²) in [7, 11) is -2.26. The van der Waals surface area contributed by atoms with Crippen LogP contribution in [0.1, 0.15) is 35.7 Å². The average molecular weight is 436 g/mol. The number of ether oxygens (including phenoxy) is 2. The summed E-state index contributed by atoms with van der Waals surface area (Å²) in [4.78, 5) is 28.0. The zero-order valence-corrected chi connectivity index (χ0v) is 17.7. The van der Waals surface area contributed by atoms with Gasteiger partial charge in [-0.05, 0) is 36.2 Å². The van der Waals surface area contributed by atoms with Gasteiger partial charge in [-0.2, -0.15) is 0 Å². The fraction of sp³-hybridized carbons (Fsp3) is 0.350. The fourth-order valence-corrected chi connectivity index (χ4v) is 3.73. The monoisotopic (exact) mass is 435 g/mol. The van der Waals surface area contributed by atoms with E-state index in [1.165, 1.54) is 31.6 Å². The van der Waals surface area contributed by atoms with E-state index in [0.29, 0.717) is 23.7 Å². The van der Waals surface area contributed by atoms with Gasteiger partial charge in [-0.1, -0.05) is 19.4 Å². The molecule has 0 atom stereocenters. The number of pyridine rings is 1. The van der Waals surface area contributed by atoms with Gasteiger partial charge in [-0.3, -0.25) is 25.4 Å². The van der Waals surface area contributed by atoms with E-state index in [4.69, 9.17) is 9.47 Å². The minimum Gasteiger partial charge on any atom is -0.493 e. The summed E-state index contributed by atoms with van der Waals surface area (Å²) >= 11 is 0. The first kappa shape index (κ1) is 23.1. The molecular weight excluding hydrogens is 410 g/mol. The molecule has 2 amide bonds. The predicted molar refractivity (Wildman–Crippen MR) is 111 cm³/mol. The van der Waals surface area contributed by atoms with Gasteiger partial charge < -0.3 is 9.47 Å². The number of hydrogen-bond acceptors (Lipinski definition) is 7. The second-order valence-corrected chi connectivity index (χ2v) is 8.53. The van der Waals surface area contributed by atoms with Crippen molar-refractivity contribution in [3.05, 3.63) is 53.9 Å². The highest BCUT2D eigenvalue weighted by atomic mass is 32.2. The van der Waals surface area contributed by atoms with Crippen molar-refractivity contribution < 1.29 is 27.5 Å². The fourth-order valence-electron chi connectivity index (χ4n) is 2.48. The second-order valence-electron chi connectivity index (χ2n) is 6.46. The summed E-state index contributed by atoms with van der Waals surface area (Å²) in [5.74, 6) is -1.67. The Hall–Kier alpha value is -3.14. The molecule has 0 bridgehead atoms. The van der Waals surface area contributed by atoms with E-state index < -0.39 is 27.4 Å². The highest BCUT2D eigenvalue weighted by Gasteiger charge is 2.19. The molecule has 1 heterocycles. The largest absolute Gasteiger partial charge is 0.493 e. The SMILES string of the molecule is CCCCOc1ccc(C(=O)NNC(=O)CS(=O)(=O)Cc2cccnc2)cc1OC. The van der Waals surface area contributed by atoms with Crippen LogP contribution in [0.15, 0.2) is 42.7 Å². The predicted octanol–water partition coefficient (Wildman–Crippen LogP) is 1.65. The standard InChI is InChI=1S/C20H25N3O6S/c1-3-4-10-29-17-8-7-16(11-18(17)28-2)20(25)23-22-19(24)14-30(26,27)13-15-6-5-9-21-12-15/h5-9,11-12H,3-4,10,13-14H2,1-2H3,(H,22,24)(H,23,25). The number of nitrogens with zero attached hydrogens (tertiary/aromatic N) is 1. The van der Waals surface area contributed by atoms with Crippen LogP contribution in [0.3, 0.4) is 0 Å². The number of hydrazine groups is 1. The number of methoxy groups -OCH3 is 1. The van der Waals surface area contributed by atoms with E-state index in [9.17, 15) is 18.0 Å². The number of carbonyl (C=O) groups excluding carboxylic acids is 2. The maximum Gasteiger partial charge on any atom is 0.269 e. The maximum atomic E-state index is 12.3. The van der Waals surface area contributed by atoms with Crippen LogP contribution in [-0.4, -0.2) is 44.7 Å². The molecule has 0 spiro atoms.